The van der Waals surface area contributed by atoms with Crippen molar-refractivity contribution in [3.63, 3.8) is 0 Å². The summed E-state index contributed by atoms with van der Waals surface area (Å²) < 4.78 is 21.5. The minimum atomic E-state index is -2.04. The van der Waals surface area contributed by atoms with Crippen LogP contribution in [0.1, 0.15) is 46.2 Å². The van der Waals surface area contributed by atoms with Crippen LogP contribution in [0.25, 0.3) is 0 Å². The van der Waals surface area contributed by atoms with Crippen LogP contribution in [0, 0.1) is 0 Å². The standard InChI is InChI=1S/C23H19Cl3FN3O2/c1-32-22(31)19-18(26)21(30-20(29-19)13-7-8-13)28-12-23(27,14-5-3-2-4-6-14)16-10-9-15(24)11-17(16)25/h2-6,9-11,13H,7-8,12H2,1H3,(H,28,29,30). The Morgan fingerprint density at radius 2 is 1.88 bits per heavy atom. The number of hydrogen-bond donors (Lipinski definition) is 1. The molecule has 5 nitrogen and oxygen atoms in total. The van der Waals surface area contributed by atoms with Crippen LogP contribution in [0.3, 0.4) is 0 Å². The Labute approximate surface area is 199 Å². The Bertz CT molecular complexity index is 1160. The molecule has 9 heteroatoms. The summed E-state index contributed by atoms with van der Waals surface area (Å²) in [6.45, 7) is -0.250. The van der Waals surface area contributed by atoms with E-state index in [-0.39, 0.29) is 39.6 Å². The fraction of sp³-hybridized carbons (Fsp3) is 0.261. The number of benzene rings is 2. The van der Waals surface area contributed by atoms with Crippen molar-refractivity contribution in [3.05, 3.63) is 86.2 Å². The molecule has 0 saturated heterocycles. The highest BCUT2D eigenvalue weighted by Gasteiger charge is 2.37. The van der Waals surface area contributed by atoms with E-state index in [9.17, 15) is 4.79 Å². The Hall–Kier alpha value is -2.41. The van der Waals surface area contributed by atoms with Gasteiger partial charge in [0.15, 0.2) is 11.4 Å². The second kappa shape index (κ2) is 9.22. The monoisotopic (exact) mass is 493 g/mol. The van der Waals surface area contributed by atoms with Gasteiger partial charge >= 0.3 is 5.97 Å². The molecule has 2 aromatic carbocycles. The molecule has 0 aliphatic heterocycles. The minimum Gasteiger partial charge on any atom is -0.464 e. The van der Waals surface area contributed by atoms with Gasteiger partial charge < -0.3 is 10.1 Å². The molecular formula is C23H19Cl3FN3O2. The number of carbonyl (C=O) groups excluding carboxylic acids is 1. The van der Waals surface area contributed by atoms with Crippen LogP contribution in [-0.2, 0) is 10.4 Å². The van der Waals surface area contributed by atoms with E-state index in [0.29, 0.717) is 16.4 Å². The van der Waals surface area contributed by atoms with E-state index in [1.165, 1.54) is 13.2 Å². The van der Waals surface area contributed by atoms with Crippen LogP contribution in [0.15, 0.2) is 48.5 Å². The van der Waals surface area contributed by atoms with Crippen LogP contribution in [-0.4, -0.2) is 29.6 Å². The lowest BCUT2D eigenvalue weighted by Crippen LogP contribution is -2.32. The largest absolute Gasteiger partial charge is 0.464 e. The minimum absolute atomic E-state index is 0.0288. The maximum atomic E-state index is 16.7. The number of nitrogens with one attached hydrogen (secondary N) is 1. The van der Waals surface area contributed by atoms with Gasteiger partial charge in [-0.2, -0.15) is 0 Å². The van der Waals surface area contributed by atoms with Gasteiger partial charge in [-0.1, -0.05) is 71.2 Å². The van der Waals surface area contributed by atoms with Crippen LogP contribution in [0.2, 0.25) is 15.1 Å². The summed E-state index contributed by atoms with van der Waals surface area (Å²) in [7, 11) is 1.25. The molecule has 32 heavy (non-hydrogen) atoms. The number of ether oxygens (including phenoxy) is 1. The van der Waals surface area contributed by atoms with Crippen molar-refractivity contribution in [1.82, 2.24) is 9.97 Å². The molecule has 3 aromatic rings. The number of hydrogen-bond acceptors (Lipinski definition) is 5. The van der Waals surface area contributed by atoms with Gasteiger partial charge in [-0.25, -0.2) is 19.2 Å². The lowest BCUT2D eigenvalue weighted by Gasteiger charge is -2.28. The van der Waals surface area contributed by atoms with E-state index in [1.54, 1.807) is 42.5 Å². The quantitative estimate of drug-likeness (QED) is 0.384. The smallest absolute Gasteiger partial charge is 0.358 e. The molecule has 0 bridgehead atoms. The number of anilines is 1. The van der Waals surface area contributed by atoms with Crippen molar-refractivity contribution in [2.45, 2.75) is 24.4 Å². The predicted molar refractivity (Wildman–Crippen MR) is 124 cm³/mol. The summed E-state index contributed by atoms with van der Waals surface area (Å²) in [5.74, 6) is 0.0989. The summed E-state index contributed by atoms with van der Waals surface area (Å²) >= 11 is 18.8. The lowest BCUT2D eigenvalue weighted by atomic mass is 9.88. The van der Waals surface area contributed by atoms with Crippen molar-refractivity contribution in [3.8, 4) is 0 Å². The number of rotatable bonds is 7. The summed E-state index contributed by atoms with van der Waals surface area (Å²) in [4.78, 5) is 20.9. The molecule has 1 fully saturated rings. The van der Waals surface area contributed by atoms with Crippen LogP contribution >= 0.6 is 34.8 Å². The molecule has 0 radical (unpaired) electrons. The molecule has 0 amide bonds. The first-order valence-corrected chi connectivity index (χ1v) is 11.1. The molecule has 0 spiro atoms. The molecule has 1 aliphatic carbocycles. The van der Waals surface area contributed by atoms with E-state index in [2.05, 4.69) is 15.3 Å². The molecule has 1 saturated carbocycles. The molecule has 1 aromatic heterocycles. The molecule has 1 unspecified atom stereocenters. The first-order valence-electron chi connectivity index (χ1n) is 9.93. The molecule has 1 aliphatic rings. The Morgan fingerprint density at radius 3 is 2.50 bits per heavy atom. The Morgan fingerprint density at radius 1 is 1.16 bits per heavy atom. The number of nitrogens with zero attached hydrogens (tertiary/aromatic N) is 2. The van der Waals surface area contributed by atoms with Crippen molar-refractivity contribution < 1.29 is 13.9 Å². The van der Waals surface area contributed by atoms with Gasteiger partial charge in [0.05, 0.1) is 13.7 Å². The van der Waals surface area contributed by atoms with E-state index < -0.39 is 11.6 Å². The Balaban J connectivity index is 1.75. The lowest BCUT2D eigenvalue weighted by molar-refractivity contribution is 0.0593. The highest BCUT2D eigenvalue weighted by atomic mass is 35.5. The fourth-order valence-electron chi connectivity index (χ4n) is 3.41. The zero-order valence-corrected chi connectivity index (χ0v) is 19.3. The second-order valence-electron chi connectivity index (χ2n) is 7.50. The van der Waals surface area contributed by atoms with Crippen molar-refractivity contribution in [2.75, 3.05) is 19.0 Å². The number of alkyl halides is 1. The molecule has 1 atom stereocenters. The maximum absolute atomic E-state index is 16.7. The Kier molecular flexibility index (Phi) is 6.56. The van der Waals surface area contributed by atoms with Gasteiger partial charge in [0.25, 0.3) is 0 Å². The normalized spacial score (nSPS) is 15.2. The summed E-state index contributed by atoms with van der Waals surface area (Å²) in [5, 5.41) is 3.54. The summed E-state index contributed by atoms with van der Waals surface area (Å²) in [5.41, 5.74) is -1.47. The topological polar surface area (TPSA) is 64.1 Å². The van der Waals surface area contributed by atoms with Crippen molar-refractivity contribution in [1.29, 1.82) is 0 Å². The predicted octanol–water partition coefficient (Wildman–Crippen LogP) is 6.43. The van der Waals surface area contributed by atoms with E-state index in [0.717, 1.165) is 12.8 Å². The average molecular weight is 495 g/mol. The van der Waals surface area contributed by atoms with Gasteiger partial charge in [0.1, 0.15) is 16.7 Å². The van der Waals surface area contributed by atoms with Gasteiger partial charge in [-0.3, -0.25) is 0 Å². The third kappa shape index (κ3) is 4.53. The maximum Gasteiger partial charge on any atom is 0.358 e. The molecule has 4 rings (SSSR count). The SMILES string of the molecule is COC(=O)c1nc(C2CC2)nc(NCC(F)(c2ccccc2)c2ccc(Cl)cc2Cl)c1Cl. The van der Waals surface area contributed by atoms with Crippen LogP contribution in [0.5, 0.6) is 0 Å². The van der Waals surface area contributed by atoms with Gasteiger partial charge in [-0.15, -0.1) is 0 Å². The average Bonchev–Trinajstić information content (AvgIpc) is 3.64. The number of aromatic nitrogens is 2. The molecular weight excluding hydrogens is 476 g/mol. The molecule has 1 N–H and O–H groups in total. The van der Waals surface area contributed by atoms with Crippen LogP contribution in [0.4, 0.5) is 10.2 Å². The highest BCUT2D eigenvalue weighted by Crippen LogP contribution is 2.42. The number of methoxy groups -OCH3 is 1. The summed E-state index contributed by atoms with van der Waals surface area (Å²) in [6.07, 6.45) is 1.83. The first-order chi connectivity index (χ1) is 15.3. The number of esters is 1. The first kappa shape index (κ1) is 22.8. The second-order valence-corrected chi connectivity index (χ2v) is 8.73. The third-order valence-electron chi connectivity index (χ3n) is 5.28. The van der Waals surface area contributed by atoms with Crippen LogP contribution < -0.4 is 5.32 Å². The zero-order chi connectivity index (χ0) is 22.9. The van der Waals surface area contributed by atoms with Crippen molar-refractivity contribution >= 4 is 46.6 Å². The van der Waals surface area contributed by atoms with Gasteiger partial charge in [0.2, 0.25) is 0 Å². The zero-order valence-electron chi connectivity index (χ0n) is 17.0. The van der Waals surface area contributed by atoms with E-state index >= 15 is 4.39 Å². The fourth-order valence-corrected chi connectivity index (χ4v) is 4.20. The molecule has 166 valence electrons. The van der Waals surface area contributed by atoms with E-state index in [4.69, 9.17) is 39.5 Å². The van der Waals surface area contributed by atoms with Gasteiger partial charge in [0, 0.05) is 21.5 Å². The van der Waals surface area contributed by atoms with Gasteiger partial charge in [-0.05, 0) is 30.5 Å². The number of carbonyl (C=O) groups is 1. The highest BCUT2D eigenvalue weighted by molar-refractivity contribution is 6.36. The third-order valence-corrected chi connectivity index (χ3v) is 6.18. The summed E-state index contributed by atoms with van der Waals surface area (Å²) in [6, 6.07) is 13.3. The molecule has 1 heterocycles. The number of halogens is 4. The van der Waals surface area contributed by atoms with E-state index in [1.807, 2.05) is 0 Å². The van der Waals surface area contributed by atoms with Crippen molar-refractivity contribution in [2.24, 2.45) is 0 Å².